The van der Waals surface area contributed by atoms with E-state index >= 15 is 0 Å². The molecule has 17 heavy (non-hydrogen) atoms. The van der Waals surface area contributed by atoms with Crippen LogP contribution in [0.5, 0.6) is 0 Å². The van der Waals surface area contributed by atoms with Gasteiger partial charge in [-0.3, -0.25) is 5.32 Å². The zero-order valence-electron chi connectivity index (χ0n) is 10.1. The number of pyridine rings is 1. The monoisotopic (exact) mass is 234 g/mol. The Bertz CT molecular complexity index is 370. The van der Waals surface area contributed by atoms with Gasteiger partial charge in [-0.05, 0) is 44.2 Å². The molecular weight excluding hydrogens is 216 g/mol. The SMILES string of the molecule is Cc1ccc(NC(=O)OC2CCCCC2)nc1. The first kappa shape index (κ1) is 11.9. The average molecular weight is 234 g/mol. The lowest BCUT2D eigenvalue weighted by Crippen LogP contribution is -2.24. The van der Waals surface area contributed by atoms with Crippen LogP contribution in [0, 0.1) is 6.92 Å². The molecule has 4 nitrogen and oxygen atoms in total. The molecule has 0 spiro atoms. The molecule has 1 aliphatic carbocycles. The minimum Gasteiger partial charge on any atom is -0.446 e. The van der Waals surface area contributed by atoms with Crippen molar-refractivity contribution >= 4 is 11.9 Å². The summed E-state index contributed by atoms with van der Waals surface area (Å²) in [5.74, 6) is 0.538. The zero-order chi connectivity index (χ0) is 12.1. The number of anilines is 1. The van der Waals surface area contributed by atoms with Crippen LogP contribution in [-0.2, 0) is 4.74 Å². The second-order valence-corrected chi connectivity index (χ2v) is 4.51. The number of hydrogen-bond donors (Lipinski definition) is 1. The van der Waals surface area contributed by atoms with Gasteiger partial charge >= 0.3 is 6.09 Å². The maximum atomic E-state index is 11.6. The van der Waals surface area contributed by atoms with Crippen molar-refractivity contribution in [3.63, 3.8) is 0 Å². The van der Waals surface area contributed by atoms with Crippen LogP contribution in [0.2, 0.25) is 0 Å². The number of nitrogens with one attached hydrogen (secondary N) is 1. The Balaban J connectivity index is 1.82. The molecule has 1 N–H and O–H groups in total. The molecule has 1 fully saturated rings. The van der Waals surface area contributed by atoms with Gasteiger partial charge in [0, 0.05) is 6.20 Å². The first-order valence-electron chi connectivity index (χ1n) is 6.14. The van der Waals surface area contributed by atoms with Crippen molar-refractivity contribution in [3.8, 4) is 0 Å². The fourth-order valence-electron chi connectivity index (χ4n) is 2.01. The Morgan fingerprint density at radius 2 is 2.12 bits per heavy atom. The van der Waals surface area contributed by atoms with Gasteiger partial charge in [0.2, 0.25) is 0 Å². The van der Waals surface area contributed by atoms with E-state index < -0.39 is 6.09 Å². The Labute approximate surface area is 101 Å². The predicted molar refractivity (Wildman–Crippen MR) is 66.0 cm³/mol. The molecule has 1 heterocycles. The van der Waals surface area contributed by atoms with E-state index in [-0.39, 0.29) is 6.10 Å². The lowest BCUT2D eigenvalue weighted by molar-refractivity contribution is 0.0864. The molecule has 4 heteroatoms. The van der Waals surface area contributed by atoms with E-state index in [1.54, 1.807) is 12.3 Å². The molecule has 0 radical (unpaired) electrons. The van der Waals surface area contributed by atoms with Gasteiger partial charge in [0.1, 0.15) is 11.9 Å². The van der Waals surface area contributed by atoms with Gasteiger partial charge in [0.15, 0.2) is 0 Å². The molecule has 0 aliphatic heterocycles. The van der Waals surface area contributed by atoms with Crippen molar-refractivity contribution in [1.29, 1.82) is 0 Å². The predicted octanol–water partition coefficient (Wildman–Crippen LogP) is 3.27. The van der Waals surface area contributed by atoms with Crippen molar-refractivity contribution in [2.75, 3.05) is 5.32 Å². The van der Waals surface area contributed by atoms with Crippen molar-refractivity contribution < 1.29 is 9.53 Å². The van der Waals surface area contributed by atoms with E-state index in [1.165, 1.54) is 6.42 Å². The summed E-state index contributed by atoms with van der Waals surface area (Å²) >= 11 is 0. The number of carbonyl (C=O) groups excluding carboxylic acids is 1. The Morgan fingerprint density at radius 1 is 1.35 bits per heavy atom. The van der Waals surface area contributed by atoms with Gasteiger partial charge in [-0.2, -0.15) is 0 Å². The third kappa shape index (κ3) is 3.73. The molecule has 1 aromatic rings. The van der Waals surface area contributed by atoms with Crippen LogP contribution in [-0.4, -0.2) is 17.2 Å². The number of ether oxygens (including phenoxy) is 1. The molecular formula is C13H18N2O2. The van der Waals surface area contributed by atoms with Gasteiger partial charge in [0.25, 0.3) is 0 Å². The molecule has 0 aromatic carbocycles. The standard InChI is InChI=1S/C13H18N2O2/c1-10-7-8-12(14-9-10)15-13(16)17-11-5-3-2-4-6-11/h7-9,11H,2-6H2,1H3,(H,14,15,16). The fraction of sp³-hybridized carbons (Fsp3) is 0.538. The van der Waals surface area contributed by atoms with Crippen LogP contribution in [0.1, 0.15) is 37.7 Å². The topological polar surface area (TPSA) is 51.2 Å². The molecule has 2 rings (SSSR count). The van der Waals surface area contributed by atoms with Crippen molar-refractivity contribution in [3.05, 3.63) is 23.9 Å². The molecule has 1 saturated carbocycles. The molecule has 0 bridgehead atoms. The Kier molecular flexibility index (Phi) is 3.96. The molecule has 1 amide bonds. The van der Waals surface area contributed by atoms with E-state index in [2.05, 4.69) is 10.3 Å². The summed E-state index contributed by atoms with van der Waals surface area (Å²) in [5.41, 5.74) is 1.07. The van der Waals surface area contributed by atoms with Crippen molar-refractivity contribution in [2.24, 2.45) is 0 Å². The van der Waals surface area contributed by atoms with Gasteiger partial charge < -0.3 is 4.74 Å². The molecule has 1 aromatic heterocycles. The van der Waals surface area contributed by atoms with E-state index in [0.717, 1.165) is 31.2 Å². The van der Waals surface area contributed by atoms with Crippen LogP contribution >= 0.6 is 0 Å². The smallest absolute Gasteiger partial charge is 0.413 e. The highest BCUT2D eigenvalue weighted by molar-refractivity contribution is 5.83. The Hall–Kier alpha value is -1.58. The van der Waals surface area contributed by atoms with Crippen LogP contribution in [0.15, 0.2) is 18.3 Å². The summed E-state index contributed by atoms with van der Waals surface area (Å²) in [7, 11) is 0. The molecule has 0 saturated heterocycles. The summed E-state index contributed by atoms with van der Waals surface area (Å²) in [6.45, 7) is 1.96. The zero-order valence-corrected chi connectivity index (χ0v) is 10.1. The number of hydrogen-bond acceptors (Lipinski definition) is 3. The largest absolute Gasteiger partial charge is 0.446 e. The number of carbonyl (C=O) groups is 1. The van der Waals surface area contributed by atoms with E-state index in [4.69, 9.17) is 4.74 Å². The molecule has 92 valence electrons. The van der Waals surface area contributed by atoms with Crippen LogP contribution in [0.4, 0.5) is 10.6 Å². The quantitative estimate of drug-likeness (QED) is 0.854. The molecule has 1 aliphatic rings. The summed E-state index contributed by atoms with van der Waals surface area (Å²) in [4.78, 5) is 15.7. The molecule has 0 unspecified atom stereocenters. The highest BCUT2D eigenvalue weighted by Crippen LogP contribution is 2.20. The first-order chi connectivity index (χ1) is 8.24. The second kappa shape index (κ2) is 5.66. The number of nitrogens with zero attached hydrogens (tertiary/aromatic N) is 1. The lowest BCUT2D eigenvalue weighted by atomic mass is 9.98. The minimum absolute atomic E-state index is 0.0780. The lowest BCUT2D eigenvalue weighted by Gasteiger charge is -2.21. The average Bonchev–Trinajstić information content (AvgIpc) is 2.33. The van der Waals surface area contributed by atoms with Gasteiger partial charge in [-0.25, -0.2) is 9.78 Å². The van der Waals surface area contributed by atoms with E-state index in [9.17, 15) is 4.79 Å². The third-order valence-electron chi connectivity index (χ3n) is 2.97. The summed E-state index contributed by atoms with van der Waals surface area (Å²) < 4.78 is 5.34. The van der Waals surface area contributed by atoms with Gasteiger partial charge in [0.05, 0.1) is 0 Å². The molecule has 0 atom stereocenters. The van der Waals surface area contributed by atoms with Crippen LogP contribution in [0.25, 0.3) is 0 Å². The van der Waals surface area contributed by atoms with Gasteiger partial charge in [-0.15, -0.1) is 0 Å². The highest BCUT2D eigenvalue weighted by Gasteiger charge is 2.17. The number of amides is 1. The van der Waals surface area contributed by atoms with Crippen LogP contribution < -0.4 is 5.32 Å². The maximum absolute atomic E-state index is 11.6. The summed E-state index contributed by atoms with van der Waals surface area (Å²) in [6.07, 6.45) is 6.92. The van der Waals surface area contributed by atoms with Crippen LogP contribution in [0.3, 0.4) is 0 Å². The van der Waals surface area contributed by atoms with E-state index in [1.807, 2.05) is 13.0 Å². The summed E-state index contributed by atoms with van der Waals surface area (Å²) in [6, 6.07) is 3.68. The number of aromatic nitrogens is 1. The normalized spacial score (nSPS) is 16.5. The minimum atomic E-state index is -0.395. The second-order valence-electron chi connectivity index (χ2n) is 4.51. The Morgan fingerprint density at radius 3 is 2.76 bits per heavy atom. The third-order valence-corrected chi connectivity index (χ3v) is 2.97. The van der Waals surface area contributed by atoms with Crippen molar-refractivity contribution in [2.45, 2.75) is 45.1 Å². The highest BCUT2D eigenvalue weighted by atomic mass is 16.6. The fourth-order valence-corrected chi connectivity index (χ4v) is 2.01. The van der Waals surface area contributed by atoms with Gasteiger partial charge in [-0.1, -0.05) is 12.5 Å². The number of aryl methyl sites for hydroxylation is 1. The summed E-state index contributed by atoms with van der Waals surface area (Å²) in [5, 5.41) is 2.64. The van der Waals surface area contributed by atoms with E-state index in [0.29, 0.717) is 5.82 Å². The maximum Gasteiger partial charge on any atom is 0.413 e. The first-order valence-corrected chi connectivity index (χ1v) is 6.14. The number of rotatable bonds is 2. The van der Waals surface area contributed by atoms with Crippen molar-refractivity contribution in [1.82, 2.24) is 4.98 Å².